The molecule has 1 heterocycles. The second-order valence-electron chi connectivity index (χ2n) is 5.07. The number of hydrogen-bond donors (Lipinski definition) is 0. The van der Waals surface area contributed by atoms with Crippen LogP contribution in [0.5, 0.6) is 0 Å². The topological polar surface area (TPSA) is 40.6 Å². The standard InChI is InChI=1S/C15H24N2O2S/c1-4-9-17(12-15(19)16(2)3)10-5-7-13(18)14-8-6-11-20-14/h6,8,11H,4-5,7,9-10,12H2,1-3H3. The van der Waals surface area contributed by atoms with E-state index in [1.54, 1.807) is 19.0 Å². The zero-order valence-electron chi connectivity index (χ0n) is 12.6. The molecule has 0 aliphatic heterocycles. The summed E-state index contributed by atoms with van der Waals surface area (Å²) in [4.78, 5) is 28.2. The molecule has 5 heteroatoms. The van der Waals surface area contributed by atoms with Crippen molar-refractivity contribution in [3.8, 4) is 0 Å². The molecule has 20 heavy (non-hydrogen) atoms. The maximum absolute atomic E-state index is 11.9. The van der Waals surface area contributed by atoms with E-state index in [0.29, 0.717) is 13.0 Å². The van der Waals surface area contributed by atoms with E-state index in [1.165, 1.54) is 11.3 Å². The molecule has 0 aliphatic rings. The molecule has 0 saturated carbocycles. The van der Waals surface area contributed by atoms with E-state index in [0.717, 1.165) is 30.8 Å². The smallest absolute Gasteiger partial charge is 0.236 e. The zero-order chi connectivity index (χ0) is 15.0. The molecule has 4 nitrogen and oxygen atoms in total. The van der Waals surface area contributed by atoms with Gasteiger partial charge in [0.25, 0.3) is 0 Å². The van der Waals surface area contributed by atoms with Gasteiger partial charge in [0.05, 0.1) is 11.4 Å². The van der Waals surface area contributed by atoms with Gasteiger partial charge in [0.15, 0.2) is 5.78 Å². The number of rotatable bonds is 9. The van der Waals surface area contributed by atoms with Crippen molar-refractivity contribution in [3.63, 3.8) is 0 Å². The molecule has 0 aliphatic carbocycles. The minimum atomic E-state index is 0.114. The van der Waals surface area contributed by atoms with Gasteiger partial charge in [-0.25, -0.2) is 0 Å². The summed E-state index contributed by atoms with van der Waals surface area (Å²) in [6.45, 7) is 4.23. The average molecular weight is 296 g/mol. The SMILES string of the molecule is CCCN(CCCC(=O)c1cccs1)CC(=O)N(C)C. The molecule has 1 aromatic heterocycles. The van der Waals surface area contributed by atoms with Crippen LogP contribution in [0.25, 0.3) is 0 Å². The van der Waals surface area contributed by atoms with Crippen LogP contribution >= 0.6 is 11.3 Å². The van der Waals surface area contributed by atoms with Crippen LogP contribution in [-0.2, 0) is 4.79 Å². The van der Waals surface area contributed by atoms with Gasteiger partial charge in [-0.2, -0.15) is 0 Å². The number of nitrogens with zero attached hydrogens (tertiary/aromatic N) is 2. The highest BCUT2D eigenvalue weighted by molar-refractivity contribution is 7.12. The largest absolute Gasteiger partial charge is 0.348 e. The lowest BCUT2D eigenvalue weighted by Crippen LogP contribution is -2.37. The quantitative estimate of drug-likeness (QED) is 0.657. The second kappa shape index (κ2) is 8.87. The van der Waals surface area contributed by atoms with E-state index >= 15 is 0 Å². The van der Waals surface area contributed by atoms with Crippen LogP contribution < -0.4 is 0 Å². The van der Waals surface area contributed by atoms with Gasteiger partial charge in [-0.05, 0) is 37.4 Å². The first-order valence-electron chi connectivity index (χ1n) is 7.03. The summed E-state index contributed by atoms with van der Waals surface area (Å²) in [5, 5.41) is 1.92. The third kappa shape index (κ3) is 5.84. The Kier molecular flexibility index (Phi) is 7.47. The molecule has 112 valence electrons. The van der Waals surface area contributed by atoms with E-state index in [4.69, 9.17) is 0 Å². The van der Waals surface area contributed by atoms with Gasteiger partial charge in [0.2, 0.25) is 5.91 Å². The summed E-state index contributed by atoms with van der Waals surface area (Å²) in [5.74, 6) is 0.318. The van der Waals surface area contributed by atoms with Crippen molar-refractivity contribution in [1.29, 1.82) is 0 Å². The molecular weight excluding hydrogens is 272 g/mol. The van der Waals surface area contributed by atoms with Crippen LogP contribution in [0.4, 0.5) is 0 Å². The summed E-state index contributed by atoms with van der Waals surface area (Å²) in [7, 11) is 3.54. The summed E-state index contributed by atoms with van der Waals surface area (Å²) in [6.07, 6.45) is 2.37. The fourth-order valence-electron chi connectivity index (χ4n) is 1.94. The molecule has 1 aromatic rings. The highest BCUT2D eigenvalue weighted by Gasteiger charge is 2.13. The molecule has 0 N–H and O–H groups in total. The minimum Gasteiger partial charge on any atom is -0.348 e. The number of thiophene rings is 1. The van der Waals surface area contributed by atoms with Crippen LogP contribution in [0.3, 0.4) is 0 Å². The van der Waals surface area contributed by atoms with Crippen LogP contribution in [0.2, 0.25) is 0 Å². The minimum absolute atomic E-state index is 0.114. The lowest BCUT2D eigenvalue weighted by molar-refractivity contribution is -0.129. The normalized spacial score (nSPS) is 10.8. The fraction of sp³-hybridized carbons (Fsp3) is 0.600. The third-order valence-electron chi connectivity index (χ3n) is 3.07. The summed E-state index contributed by atoms with van der Waals surface area (Å²) in [6, 6.07) is 3.77. The molecule has 1 rings (SSSR count). The summed E-state index contributed by atoms with van der Waals surface area (Å²) >= 11 is 1.49. The van der Waals surface area contributed by atoms with Gasteiger partial charge in [-0.3, -0.25) is 14.5 Å². The van der Waals surface area contributed by atoms with Crippen molar-refractivity contribution in [2.75, 3.05) is 33.7 Å². The molecular formula is C15H24N2O2S. The van der Waals surface area contributed by atoms with E-state index < -0.39 is 0 Å². The number of ketones is 1. The molecule has 0 spiro atoms. The lowest BCUT2D eigenvalue weighted by Gasteiger charge is -2.22. The highest BCUT2D eigenvalue weighted by atomic mass is 32.1. The predicted octanol–water partition coefficient (Wildman–Crippen LogP) is 2.51. The van der Waals surface area contributed by atoms with E-state index in [1.807, 2.05) is 17.5 Å². The first kappa shape index (κ1) is 16.9. The van der Waals surface area contributed by atoms with Crippen LogP contribution in [0.1, 0.15) is 35.9 Å². The van der Waals surface area contributed by atoms with E-state index in [-0.39, 0.29) is 11.7 Å². The maximum atomic E-state index is 11.9. The van der Waals surface area contributed by atoms with Gasteiger partial charge in [0, 0.05) is 20.5 Å². The number of amides is 1. The Morgan fingerprint density at radius 2 is 2.00 bits per heavy atom. The Hall–Kier alpha value is -1.20. The monoisotopic (exact) mass is 296 g/mol. The molecule has 0 atom stereocenters. The average Bonchev–Trinajstić information content (AvgIpc) is 2.92. The molecule has 0 saturated heterocycles. The van der Waals surface area contributed by atoms with Gasteiger partial charge < -0.3 is 4.90 Å². The van der Waals surface area contributed by atoms with Gasteiger partial charge in [-0.1, -0.05) is 13.0 Å². The third-order valence-corrected chi connectivity index (χ3v) is 3.98. The molecule has 1 amide bonds. The van der Waals surface area contributed by atoms with E-state index in [9.17, 15) is 9.59 Å². The van der Waals surface area contributed by atoms with Crippen molar-refractivity contribution in [2.45, 2.75) is 26.2 Å². The highest BCUT2D eigenvalue weighted by Crippen LogP contribution is 2.12. The first-order valence-corrected chi connectivity index (χ1v) is 7.91. The number of likely N-dealkylation sites (N-methyl/N-ethyl adjacent to an activating group) is 1. The van der Waals surface area contributed by atoms with Gasteiger partial charge in [-0.15, -0.1) is 11.3 Å². The Labute approximate surface area is 125 Å². The zero-order valence-corrected chi connectivity index (χ0v) is 13.4. The van der Waals surface area contributed by atoms with Crippen molar-refractivity contribution in [2.24, 2.45) is 0 Å². The number of hydrogen-bond acceptors (Lipinski definition) is 4. The van der Waals surface area contributed by atoms with Crippen LogP contribution in [0, 0.1) is 0 Å². The van der Waals surface area contributed by atoms with Crippen LogP contribution in [0.15, 0.2) is 17.5 Å². The van der Waals surface area contributed by atoms with Gasteiger partial charge >= 0.3 is 0 Å². The van der Waals surface area contributed by atoms with Crippen molar-refractivity contribution in [3.05, 3.63) is 22.4 Å². The first-order chi connectivity index (χ1) is 9.54. The van der Waals surface area contributed by atoms with Crippen molar-refractivity contribution < 1.29 is 9.59 Å². The Bertz CT molecular complexity index is 416. The maximum Gasteiger partial charge on any atom is 0.236 e. The second-order valence-corrected chi connectivity index (χ2v) is 6.02. The number of Topliss-reactive ketones (excluding diaryl/α,β-unsaturated/α-hetero) is 1. The fourth-order valence-corrected chi connectivity index (χ4v) is 2.64. The van der Waals surface area contributed by atoms with Crippen molar-refractivity contribution in [1.82, 2.24) is 9.80 Å². The predicted molar refractivity (Wildman–Crippen MR) is 83.3 cm³/mol. The molecule has 0 aromatic carbocycles. The number of carbonyl (C=O) groups is 2. The lowest BCUT2D eigenvalue weighted by atomic mass is 10.2. The Morgan fingerprint density at radius 3 is 2.55 bits per heavy atom. The molecule has 0 fully saturated rings. The van der Waals surface area contributed by atoms with Crippen LogP contribution in [-0.4, -0.2) is 55.2 Å². The van der Waals surface area contributed by atoms with Gasteiger partial charge in [0.1, 0.15) is 0 Å². The molecule has 0 unspecified atom stereocenters. The Balaban J connectivity index is 2.35. The Morgan fingerprint density at radius 1 is 1.25 bits per heavy atom. The molecule has 0 bridgehead atoms. The number of carbonyl (C=O) groups excluding carboxylic acids is 2. The molecule has 0 radical (unpaired) electrons. The summed E-state index contributed by atoms with van der Waals surface area (Å²) < 4.78 is 0. The van der Waals surface area contributed by atoms with E-state index in [2.05, 4.69) is 11.8 Å². The summed E-state index contributed by atoms with van der Waals surface area (Å²) in [5.41, 5.74) is 0. The van der Waals surface area contributed by atoms with Crippen molar-refractivity contribution >= 4 is 23.0 Å².